The summed E-state index contributed by atoms with van der Waals surface area (Å²) in [5.41, 5.74) is 5.22. The Morgan fingerprint density at radius 2 is 1.69 bits per heavy atom. The lowest BCUT2D eigenvalue weighted by Crippen LogP contribution is -2.18. The maximum atomic E-state index is 14.3. The summed E-state index contributed by atoms with van der Waals surface area (Å²) in [6.07, 6.45) is 3.59. The van der Waals surface area contributed by atoms with Crippen LogP contribution in [0, 0.1) is 12.7 Å². The molecule has 0 saturated heterocycles. The number of fused-ring (bicyclic) bond motifs is 2. The minimum atomic E-state index is -4.80. The summed E-state index contributed by atoms with van der Waals surface area (Å²) in [5, 5.41) is 4.18. The van der Waals surface area contributed by atoms with Crippen LogP contribution in [0.2, 0.25) is 0 Å². The van der Waals surface area contributed by atoms with Gasteiger partial charge in [-0.2, -0.15) is 0 Å². The molecule has 0 spiro atoms. The van der Waals surface area contributed by atoms with E-state index >= 15 is 0 Å². The number of nitrogens with zero attached hydrogens (tertiary/aromatic N) is 4. The number of aryl methyl sites for hydroxylation is 1. The average molecular weight is 576 g/mol. The van der Waals surface area contributed by atoms with E-state index in [0.717, 1.165) is 48.1 Å². The van der Waals surface area contributed by atoms with Gasteiger partial charge in [-0.05, 0) is 80.4 Å². The van der Waals surface area contributed by atoms with Crippen molar-refractivity contribution in [1.29, 1.82) is 0 Å². The molecule has 2 aliphatic carbocycles. The zero-order valence-corrected chi connectivity index (χ0v) is 23.0. The number of anilines is 2. The van der Waals surface area contributed by atoms with Gasteiger partial charge in [0.2, 0.25) is 0 Å². The predicted octanol–water partition coefficient (Wildman–Crippen LogP) is 8.24. The van der Waals surface area contributed by atoms with E-state index in [1.807, 2.05) is 35.8 Å². The molecular weight excluding hydrogens is 546 g/mol. The first-order valence-electron chi connectivity index (χ1n) is 14.0. The Balaban J connectivity index is 1.57. The number of benzene rings is 3. The Bertz CT molecular complexity index is 1740. The van der Waals surface area contributed by atoms with Crippen LogP contribution in [0.5, 0.6) is 5.75 Å². The molecular formula is C32H29F4N5O. The van der Waals surface area contributed by atoms with E-state index in [4.69, 9.17) is 9.98 Å². The number of nitrogens with one attached hydrogen (secondary N) is 1. The number of hydrogen-bond acceptors (Lipinski definition) is 5. The fraction of sp³-hybridized carbons (Fsp3) is 0.281. The van der Waals surface area contributed by atoms with Crippen molar-refractivity contribution in [3.63, 3.8) is 0 Å². The summed E-state index contributed by atoms with van der Waals surface area (Å²) in [6, 6.07) is 17.7. The van der Waals surface area contributed by atoms with Gasteiger partial charge < -0.3 is 14.6 Å². The van der Waals surface area contributed by atoms with Gasteiger partial charge in [-0.15, -0.1) is 13.2 Å². The van der Waals surface area contributed by atoms with E-state index in [1.165, 1.54) is 49.2 Å². The van der Waals surface area contributed by atoms with Crippen molar-refractivity contribution in [3.8, 4) is 22.8 Å². The SMILES string of the molecule is Cc1ccc(Nc2cc3nc4cc(F)ccc4n(-c4ccc(OC(F)(F)F)cc4)c-3cc2=NC2CCCCCC2)cn1. The number of rotatable bonds is 5. The third kappa shape index (κ3) is 6.22. The van der Waals surface area contributed by atoms with Gasteiger partial charge in [-0.3, -0.25) is 9.98 Å². The first-order chi connectivity index (χ1) is 20.2. The van der Waals surface area contributed by atoms with Crippen LogP contribution < -0.4 is 15.4 Å². The zero-order chi connectivity index (χ0) is 29.3. The van der Waals surface area contributed by atoms with Gasteiger partial charge >= 0.3 is 6.36 Å². The summed E-state index contributed by atoms with van der Waals surface area (Å²) in [5.74, 6) is -0.776. The quantitative estimate of drug-likeness (QED) is 0.130. The average Bonchev–Trinajstić information content (AvgIpc) is 3.22. The molecule has 216 valence electrons. The number of halogens is 4. The van der Waals surface area contributed by atoms with Gasteiger partial charge in [-0.25, -0.2) is 9.37 Å². The van der Waals surface area contributed by atoms with Crippen molar-refractivity contribution in [3.05, 3.63) is 89.8 Å². The van der Waals surface area contributed by atoms with Crippen LogP contribution in [-0.2, 0) is 0 Å². The van der Waals surface area contributed by atoms with Gasteiger partial charge in [-0.1, -0.05) is 25.7 Å². The van der Waals surface area contributed by atoms with Crippen LogP contribution in [0.4, 0.5) is 28.9 Å². The molecule has 6 nitrogen and oxygen atoms in total. The van der Waals surface area contributed by atoms with Crippen LogP contribution in [-0.4, -0.2) is 26.9 Å². The highest BCUT2D eigenvalue weighted by Gasteiger charge is 2.31. The van der Waals surface area contributed by atoms with E-state index in [2.05, 4.69) is 15.0 Å². The normalized spacial score (nSPS) is 15.2. The Hall–Kier alpha value is -4.47. The van der Waals surface area contributed by atoms with Crippen LogP contribution in [0.1, 0.15) is 44.2 Å². The number of aromatic nitrogens is 3. The van der Waals surface area contributed by atoms with Crippen molar-refractivity contribution < 1.29 is 22.3 Å². The summed E-state index contributed by atoms with van der Waals surface area (Å²) >= 11 is 0. The number of ether oxygens (including phenoxy) is 1. The molecule has 42 heavy (non-hydrogen) atoms. The molecule has 0 radical (unpaired) electrons. The highest BCUT2D eigenvalue weighted by atomic mass is 19.4. The van der Waals surface area contributed by atoms with E-state index in [0.29, 0.717) is 28.1 Å². The van der Waals surface area contributed by atoms with Crippen molar-refractivity contribution in [2.24, 2.45) is 4.99 Å². The highest BCUT2D eigenvalue weighted by molar-refractivity contribution is 5.84. The van der Waals surface area contributed by atoms with Crippen molar-refractivity contribution in [2.45, 2.75) is 57.9 Å². The molecule has 0 atom stereocenters. The molecule has 0 amide bonds. The molecule has 1 fully saturated rings. The minimum absolute atomic E-state index is 0.163. The lowest BCUT2D eigenvalue weighted by atomic mass is 10.1. The van der Waals surface area contributed by atoms with Gasteiger partial charge in [0.15, 0.2) is 0 Å². The third-order valence-electron chi connectivity index (χ3n) is 7.42. The second kappa shape index (κ2) is 11.4. The lowest BCUT2D eigenvalue weighted by molar-refractivity contribution is -0.274. The maximum absolute atomic E-state index is 14.3. The molecule has 1 N–H and O–H groups in total. The molecule has 1 aliphatic heterocycles. The fourth-order valence-electron chi connectivity index (χ4n) is 5.43. The molecule has 3 aromatic rings. The van der Waals surface area contributed by atoms with E-state index in [-0.39, 0.29) is 11.8 Å². The molecule has 0 bridgehead atoms. The smallest absolute Gasteiger partial charge is 0.406 e. The minimum Gasteiger partial charge on any atom is -0.406 e. The van der Waals surface area contributed by atoms with Crippen molar-refractivity contribution >= 4 is 22.4 Å². The number of alkyl halides is 3. The molecule has 2 aromatic carbocycles. The fourth-order valence-corrected chi connectivity index (χ4v) is 5.43. The van der Waals surface area contributed by atoms with Crippen LogP contribution in [0.25, 0.3) is 28.1 Å². The number of hydrogen-bond donors (Lipinski definition) is 1. The summed E-state index contributed by atoms with van der Waals surface area (Å²) in [7, 11) is 0. The standard InChI is InChI=1S/C32H29F4N5O/c1-20-8-10-23(19-37-20)39-26-17-29-31(18-27(26)38-22-6-4-2-3-5-7-22)41(30-15-9-21(33)16-28(30)40-29)24-11-13-25(14-12-24)42-32(34,35)36/h8-19,22,39H,2-7H2,1H3. The van der Waals surface area contributed by atoms with Crippen LogP contribution in [0.3, 0.4) is 0 Å². The summed E-state index contributed by atoms with van der Waals surface area (Å²) in [4.78, 5) is 14.4. The largest absolute Gasteiger partial charge is 0.573 e. The zero-order valence-electron chi connectivity index (χ0n) is 23.0. The Morgan fingerprint density at radius 3 is 2.38 bits per heavy atom. The molecule has 1 aromatic heterocycles. The molecule has 2 heterocycles. The first kappa shape index (κ1) is 27.7. The Kier molecular flexibility index (Phi) is 7.53. The summed E-state index contributed by atoms with van der Waals surface area (Å²) in [6.45, 7) is 1.92. The topological polar surface area (TPSA) is 64.3 Å². The first-order valence-corrected chi connectivity index (χ1v) is 14.0. The second-order valence-electron chi connectivity index (χ2n) is 10.6. The van der Waals surface area contributed by atoms with E-state index < -0.39 is 12.2 Å². The molecule has 0 unspecified atom stereocenters. The van der Waals surface area contributed by atoms with E-state index in [1.54, 1.807) is 12.3 Å². The molecule has 1 saturated carbocycles. The third-order valence-corrected chi connectivity index (χ3v) is 7.42. The van der Waals surface area contributed by atoms with Crippen LogP contribution in [0.15, 0.2) is 77.9 Å². The Morgan fingerprint density at radius 1 is 0.929 bits per heavy atom. The van der Waals surface area contributed by atoms with E-state index in [9.17, 15) is 17.6 Å². The van der Waals surface area contributed by atoms with Gasteiger partial charge in [0.25, 0.3) is 0 Å². The molecule has 3 aliphatic rings. The van der Waals surface area contributed by atoms with Gasteiger partial charge in [0, 0.05) is 17.4 Å². The molecule has 6 rings (SSSR count). The Labute approximate surface area is 240 Å². The monoisotopic (exact) mass is 575 g/mol. The predicted molar refractivity (Wildman–Crippen MR) is 154 cm³/mol. The van der Waals surface area contributed by atoms with Crippen molar-refractivity contribution in [2.75, 3.05) is 5.32 Å². The maximum Gasteiger partial charge on any atom is 0.573 e. The van der Waals surface area contributed by atoms with Gasteiger partial charge in [0.1, 0.15) is 11.6 Å². The van der Waals surface area contributed by atoms with Crippen molar-refractivity contribution in [1.82, 2.24) is 14.5 Å². The van der Waals surface area contributed by atoms with Crippen LogP contribution >= 0.6 is 0 Å². The highest BCUT2D eigenvalue weighted by Crippen LogP contribution is 2.32. The molecule has 10 heteroatoms. The van der Waals surface area contributed by atoms with Gasteiger partial charge in [0.05, 0.1) is 51.4 Å². The lowest BCUT2D eigenvalue weighted by Gasteiger charge is -2.21. The second-order valence-corrected chi connectivity index (χ2v) is 10.6. The number of pyridine rings is 1. The summed E-state index contributed by atoms with van der Waals surface area (Å²) < 4.78 is 58.7.